The number of nitrogens with one attached hydrogen (secondary N) is 1. The van der Waals surface area contributed by atoms with Crippen molar-refractivity contribution in [1.29, 1.82) is 0 Å². The molecule has 1 aromatic heterocycles. The first-order chi connectivity index (χ1) is 16.8. The van der Waals surface area contributed by atoms with Crippen LogP contribution in [0.5, 0.6) is 0 Å². The van der Waals surface area contributed by atoms with Crippen LogP contribution in [0.4, 0.5) is 0 Å². The Morgan fingerprint density at radius 3 is 2.31 bits per heavy atom. The minimum Gasteiger partial charge on any atom is -0.459 e. The molecule has 8 nitrogen and oxygen atoms in total. The van der Waals surface area contributed by atoms with Gasteiger partial charge in [0.15, 0.2) is 5.76 Å². The van der Waals surface area contributed by atoms with Gasteiger partial charge in [0.1, 0.15) is 6.04 Å². The molecule has 2 amide bonds. The Kier molecular flexibility index (Phi) is 7.37. The zero-order valence-corrected chi connectivity index (χ0v) is 20.6. The van der Waals surface area contributed by atoms with E-state index in [1.54, 1.807) is 50.2 Å². The number of hydrogen-bond donors (Lipinski definition) is 1. The number of amides is 2. The third kappa shape index (κ3) is 5.16. The van der Waals surface area contributed by atoms with Crippen LogP contribution < -0.4 is 5.32 Å². The van der Waals surface area contributed by atoms with Crippen LogP contribution in [0, 0.1) is 0 Å². The molecule has 0 bridgehead atoms. The monoisotopic (exact) mass is 495 g/mol. The SMILES string of the molecule is CCN(CC)S(=O)(=O)c1ccc(CNC(=O)C2Cc3ccccc3CN2C(=O)c2ccco2)cc1. The maximum atomic E-state index is 13.2. The molecule has 1 atom stereocenters. The highest BCUT2D eigenvalue weighted by Crippen LogP contribution is 2.25. The van der Waals surface area contributed by atoms with Crippen molar-refractivity contribution in [3.05, 3.63) is 89.4 Å². The summed E-state index contributed by atoms with van der Waals surface area (Å²) in [5.41, 5.74) is 2.79. The molecule has 0 radical (unpaired) electrons. The number of nitrogens with zero attached hydrogens (tertiary/aromatic N) is 2. The Labute approximate surface area is 205 Å². The number of furan rings is 1. The molecule has 35 heavy (non-hydrogen) atoms. The normalized spacial score (nSPS) is 15.6. The fraction of sp³-hybridized carbons (Fsp3) is 0.308. The summed E-state index contributed by atoms with van der Waals surface area (Å²) < 4.78 is 32.1. The van der Waals surface area contributed by atoms with E-state index in [-0.39, 0.29) is 29.0 Å². The second kappa shape index (κ2) is 10.5. The van der Waals surface area contributed by atoms with Crippen molar-refractivity contribution in [2.24, 2.45) is 0 Å². The van der Waals surface area contributed by atoms with Gasteiger partial charge in [-0.3, -0.25) is 9.59 Å². The van der Waals surface area contributed by atoms with E-state index in [4.69, 9.17) is 4.42 Å². The molecule has 0 fully saturated rings. The second-order valence-electron chi connectivity index (χ2n) is 8.35. The molecule has 0 saturated carbocycles. The fourth-order valence-corrected chi connectivity index (χ4v) is 5.77. The topological polar surface area (TPSA) is 99.9 Å². The van der Waals surface area contributed by atoms with Gasteiger partial charge in [-0.1, -0.05) is 50.2 Å². The van der Waals surface area contributed by atoms with Crippen molar-refractivity contribution in [1.82, 2.24) is 14.5 Å². The molecule has 2 aromatic carbocycles. The molecule has 0 aliphatic carbocycles. The highest BCUT2D eigenvalue weighted by Gasteiger charge is 2.35. The highest BCUT2D eigenvalue weighted by molar-refractivity contribution is 7.89. The Balaban J connectivity index is 1.48. The van der Waals surface area contributed by atoms with E-state index in [1.807, 2.05) is 24.3 Å². The third-order valence-electron chi connectivity index (χ3n) is 6.28. The van der Waals surface area contributed by atoms with Gasteiger partial charge in [-0.15, -0.1) is 0 Å². The van der Waals surface area contributed by atoms with Crippen LogP contribution >= 0.6 is 0 Å². The number of carbonyl (C=O) groups is 2. The summed E-state index contributed by atoms with van der Waals surface area (Å²) in [5, 5.41) is 2.91. The first-order valence-corrected chi connectivity index (χ1v) is 13.1. The smallest absolute Gasteiger partial charge is 0.290 e. The van der Waals surface area contributed by atoms with E-state index in [1.165, 1.54) is 15.5 Å². The van der Waals surface area contributed by atoms with Crippen LogP contribution in [-0.4, -0.2) is 48.6 Å². The lowest BCUT2D eigenvalue weighted by Gasteiger charge is -2.35. The van der Waals surface area contributed by atoms with Gasteiger partial charge >= 0.3 is 0 Å². The lowest BCUT2D eigenvalue weighted by Crippen LogP contribution is -2.52. The molecule has 0 spiro atoms. The average Bonchev–Trinajstić information content (AvgIpc) is 3.42. The summed E-state index contributed by atoms with van der Waals surface area (Å²) in [4.78, 5) is 28.1. The van der Waals surface area contributed by atoms with Crippen LogP contribution in [-0.2, 0) is 34.3 Å². The summed E-state index contributed by atoms with van der Waals surface area (Å²) in [6, 6.07) is 16.8. The zero-order chi connectivity index (χ0) is 25.0. The van der Waals surface area contributed by atoms with Crippen molar-refractivity contribution >= 4 is 21.8 Å². The van der Waals surface area contributed by atoms with Gasteiger partial charge in [0, 0.05) is 32.6 Å². The van der Waals surface area contributed by atoms with Crippen molar-refractivity contribution in [2.75, 3.05) is 13.1 Å². The van der Waals surface area contributed by atoms with Crippen LogP contribution in [0.15, 0.2) is 76.2 Å². The maximum absolute atomic E-state index is 13.2. The van der Waals surface area contributed by atoms with Gasteiger partial charge in [-0.05, 0) is 41.0 Å². The first-order valence-electron chi connectivity index (χ1n) is 11.6. The third-order valence-corrected chi connectivity index (χ3v) is 8.34. The summed E-state index contributed by atoms with van der Waals surface area (Å²) in [6.07, 6.45) is 1.83. The minimum atomic E-state index is -3.54. The molecule has 1 unspecified atom stereocenters. The molecule has 4 rings (SSSR count). The van der Waals surface area contributed by atoms with Crippen molar-refractivity contribution in [3.63, 3.8) is 0 Å². The number of benzene rings is 2. The van der Waals surface area contributed by atoms with E-state index in [2.05, 4.69) is 5.32 Å². The number of rotatable bonds is 8. The molecule has 1 aliphatic heterocycles. The molecule has 0 saturated heterocycles. The quantitative estimate of drug-likeness (QED) is 0.517. The Hall–Kier alpha value is -3.43. The van der Waals surface area contributed by atoms with E-state index < -0.39 is 16.1 Å². The summed E-state index contributed by atoms with van der Waals surface area (Å²) in [6.45, 7) is 4.92. The Morgan fingerprint density at radius 2 is 1.69 bits per heavy atom. The molecule has 1 N–H and O–H groups in total. The highest BCUT2D eigenvalue weighted by atomic mass is 32.2. The first kappa shape index (κ1) is 24.7. The van der Waals surface area contributed by atoms with Gasteiger partial charge in [-0.2, -0.15) is 4.31 Å². The number of carbonyl (C=O) groups excluding carboxylic acids is 2. The Bertz CT molecular complexity index is 1280. The summed E-state index contributed by atoms with van der Waals surface area (Å²) >= 11 is 0. The van der Waals surface area contributed by atoms with E-state index in [0.717, 1.165) is 16.7 Å². The van der Waals surface area contributed by atoms with Gasteiger partial charge < -0.3 is 14.6 Å². The molecular formula is C26H29N3O5S. The molecule has 2 heterocycles. The minimum absolute atomic E-state index is 0.187. The van der Waals surface area contributed by atoms with E-state index >= 15 is 0 Å². The Morgan fingerprint density at radius 1 is 1.00 bits per heavy atom. The molecule has 1 aliphatic rings. The molecular weight excluding hydrogens is 466 g/mol. The molecule has 3 aromatic rings. The summed E-state index contributed by atoms with van der Waals surface area (Å²) in [5.74, 6) is -0.429. The van der Waals surface area contributed by atoms with Crippen LogP contribution in [0.1, 0.15) is 41.1 Å². The summed E-state index contributed by atoms with van der Waals surface area (Å²) in [7, 11) is -3.54. The fourth-order valence-electron chi connectivity index (χ4n) is 4.31. The number of hydrogen-bond acceptors (Lipinski definition) is 5. The average molecular weight is 496 g/mol. The molecule has 184 valence electrons. The van der Waals surface area contributed by atoms with Gasteiger partial charge in [0.2, 0.25) is 15.9 Å². The van der Waals surface area contributed by atoms with Gasteiger partial charge in [0.05, 0.1) is 11.2 Å². The molecule has 9 heteroatoms. The standard InChI is InChI=1S/C26H29N3O5S/c1-3-28(4-2)35(32,33)22-13-11-19(12-14-22)17-27-25(30)23-16-20-8-5-6-9-21(20)18-29(23)26(31)24-10-7-15-34-24/h5-15,23H,3-4,16-18H2,1-2H3,(H,27,30). The lowest BCUT2D eigenvalue weighted by molar-refractivity contribution is -0.126. The maximum Gasteiger partial charge on any atom is 0.290 e. The van der Waals surface area contributed by atoms with Crippen LogP contribution in [0.2, 0.25) is 0 Å². The predicted molar refractivity (Wildman–Crippen MR) is 131 cm³/mol. The zero-order valence-electron chi connectivity index (χ0n) is 19.8. The van der Waals surface area contributed by atoms with E-state index in [0.29, 0.717) is 26.1 Å². The second-order valence-corrected chi connectivity index (χ2v) is 10.3. The predicted octanol–water partition coefficient (Wildman–Crippen LogP) is 3.19. The van der Waals surface area contributed by atoms with Crippen LogP contribution in [0.25, 0.3) is 0 Å². The van der Waals surface area contributed by atoms with Crippen molar-refractivity contribution in [2.45, 2.75) is 44.3 Å². The van der Waals surface area contributed by atoms with Gasteiger partial charge in [0.25, 0.3) is 5.91 Å². The van der Waals surface area contributed by atoms with E-state index in [9.17, 15) is 18.0 Å². The van der Waals surface area contributed by atoms with Crippen LogP contribution in [0.3, 0.4) is 0 Å². The number of fused-ring (bicyclic) bond motifs is 1. The lowest BCUT2D eigenvalue weighted by atomic mass is 9.93. The van der Waals surface area contributed by atoms with Crippen molar-refractivity contribution in [3.8, 4) is 0 Å². The van der Waals surface area contributed by atoms with Crippen molar-refractivity contribution < 1.29 is 22.4 Å². The van der Waals surface area contributed by atoms with Gasteiger partial charge in [-0.25, -0.2) is 8.42 Å². The number of sulfonamides is 1. The largest absolute Gasteiger partial charge is 0.459 e.